The van der Waals surface area contributed by atoms with Gasteiger partial charge in [-0.3, -0.25) is 4.79 Å². The van der Waals surface area contributed by atoms with Crippen molar-refractivity contribution >= 4 is 17.0 Å². The number of ether oxygens (including phenoxy) is 1. The Kier molecular flexibility index (Phi) is 3.43. The molecule has 0 bridgehead atoms. The summed E-state index contributed by atoms with van der Waals surface area (Å²) in [5.74, 6) is -1.43. The van der Waals surface area contributed by atoms with Gasteiger partial charge in [0.05, 0.1) is 28.2 Å². The first-order valence-electron chi connectivity index (χ1n) is 8.71. The molecular formula is C19H15F2N3O3. The molecule has 1 unspecified atom stereocenters. The van der Waals surface area contributed by atoms with Crippen LogP contribution < -0.4 is 10.1 Å². The lowest BCUT2D eigenvalue weighted by molar-refractivity contribution is 0.0931. The van der Waals surface area contributed by atoms with Gasteiger partial charge < -0.3 is 14.6 Å². The quantitative estimate of drug-likeness (QED) is 0.762. The highest BCUT2D eigenvalue weighted by Crippen LogP contribution is 2.41. The first-order chi connectivity index (χ1) is 13.0. The van der Waals surface area contributed by atoms with Crippen LogP contribution in [-0.2, 0) is 0 Å². The summed E-state index contributed by atoms with van der Waals surface area (Å²) in [5.41, 5.74) is 2.20. The van der Waals surface area contributed by atoms with E-state index in [1.807, 2.05) is 0 Å². The van der Waals surface area contributed by atoms with Crippen LogP contribution in [-0.4, -0.2) is 22.7 Å². The van der Waals surface area contributed by atoms with Crippen molar-refractivity contribution in [1.29, 1.82) is 0 Å². The number of amides is 1. The number of nitrogens with one attached hydrogen (secondary N) is 1. The molecule has 0 spiro atoms. The van der Waals surface area contributed by atoms with Crippen LogP contribution in [0.5, 0.6) is 5.75 Å². The van der Waals surface area contributed by atoms with Gasteiger partial charge in [0.15, 0.2) is 0 Å². The third-order valence-corrected chi connectivity index (χ3v) is 4.99. The van der Waals surface area contributed by atoms with Crippen molar-refractivity contribution < 1.29 is 22.8 Å². The van der Waals surface area contributed by atoms with E-state index in [2.05, 4.69) is 15.5 Å². The lowest BCUT2D eigenvalue weighted by atomic mass is 10.0. The maximum atomic E-state index is 14.2. The molecule has 3 aromatic rings. The molecule has 1 aliphatic heterocycles. The maximum absolute atomic E-state index is 14.2. The van der Waals surface area contributed by atoms with Gasteiger partial charge >= 0.3 is 0 Å². The van der Waals surface area contributed by atoms with E-state index in [0.717, 1.165) is 30.7 Å². The lowest BCUT2D eigenvalue weighted by Gasteiger charge is -2.13. The molecule has 1 atom stereocenters. The Morgan fingerprint density at radius 2 is 2.07 bits per heavy atom. The average molecular weight is 371 g/mol. The molecule has 1 amide bonds. The number of pyridine rings is 1. The number of benzene rings is 1. The number of carbonyl (C=O) groups is 1. The van der Waals surface area contributed by atoms with E-state index in [-0.39, 0.29) is 17.9 Å². The summed E-state index contributed by atoms with van der Waals surface area (Å²) in [4.78, 5) is 17.4. The predicted octanol–water partition coefficient (Wildman–Crippen LogP) is 3.55. The van der Waals surface area contributed by atoms with Gasteiger partial charge in [0, 0.05) is 23.7 Å². The van der Waals surface area contributed by atoms with Crippen molar-refractivity contribution in [3.8, 4) is 5.75 Å². The summed E-state index contributed by atoms with van der Waals surface area (Å²) in [7, 11) is 0. The number of carbonyl (C=O) groups excluding carboxylic acids is 1. The average Bonchev–Trinajstić information content (AvgIpc) is 3.31. The maximum Gasteiger partial charge on any atom is 0.259 e. The zero-order chi connectivity index (χ0) is 18.7. The van der Waals surface area contributed by atoms with Crippen LogP contribution in [0.1, 0.15) is 52.1 Å². The summed E-state index contributed by atoms with van der Waals surface area (Å²) in [6.07, 6.45) is 2.04. The standard InChI is InChI=1S/C19H15F2N3O3/c1-8-16-11(6-13(9-2-3-9)23-19(16)27-24-8)18(25)22-14-7-26-15-5-10(20)4-12(21)17(14)15/h4-6,9,14H,2-3,7H2,1H3,(H,22,25). The number of fused-ring (bicyclic) bond motifs is 2. The van der Waals surface area contributed by atoms with Crippen molar-refractivity contribution in [3.63, 3.8) is 0 Å². The zero-order valence-electron chi connectivity index (χ0n) is 14.4. The van der Waals surface area contributed by atoms with Crippen molar-refractivity contribution in [2.75, 3.05) is 6.61 Å². The third-order valence-electron chi connectivity index (χ3n) is 4.99. The molecule has 8 heteroatoms. The second-order valence-corrected chi connectivity index (χ2v) is 6.95. The molecule has 1 fully saturated rings. The molecule has 6 nitrogen and oxygen atoms in total. The van der Waals surface area contributed by atoms with Gasteiger partial charge in [-0.15, -0.1) is 0 Å². The van der Waals surface area contributed by atoms with Gasteiger partial charge in [-0.1, -0.05) is 5.16 Å². The summed E-state index contributed by atoms with van der Waals surface area (Å²) in [5, 5.41) is 7.23. The summed E-state index contributed by atoms with van der Waals surface area (Å²) >= 11 is 0. The molecule has 1 saturated carbocycles. The number of hydrogen-bond acceptors (Lipinski definition) is 5. The molecule has 2 aromatic heterocycles. The Bertz CT molecular complexity index is 1090. The van der Waals surface area contributed by atoms with E-state index >= 15 is 0 Å². The van der Waals surface area contributed by atoms with Gasteiger partial charge in [-0.25, -0.2) is 13.8 Å². The fourth-order valence-corrected chi connectivity index (χ4v) is 3.51. The summed E-state index contributed by atoms with van der Waals surface area (Å²) in [6, 6.07) is 2.94. The molecule has 27 heavy (non-hydrogen) atoms. The molecule has 1 aliphatic carbocycles. The number of aryl methyl sites for hydroxylation is 1. The van der Waals surface area contributed by atoms with Gasteiger partial charge in [-0.05, 0) is 25.8 Å². The summed E-state index contributed by atoms with van der Waals surface area (Å²) in [6.45, 7) is 1.77. The van der Waals surface area contributed by atoms with E-state index in [9.17, 15) is 13.6 Å². The van der Waals surface area contributed by atoms with Crippen molar-refractivity contribution in [1.82, 2.24) is 15.5 Å². The van der Waals surface area contributed by atoms with E-state index < -0.39 is 23.6 Å². The molecule has 5 rings (SSSR count). The van der Waals surface area contributed by atoms with Gasteiger partial charge in [0.25, 0.3) is 11.6 Å². The molecule has 1 aromatic carbocycles. The van der Waals surface area contributed by atoms with Crippen LogP contribution >= 0.6 is 0 Å². The highest BCUT2D eigenvalue weighted by molar-refractivity contribution is 6.06. The Hall–Kier alpha value is -3.03. The van der Waals surface area contributed by atoms with E-state index in [1.54, 1.807) is 13.0 Å². The van der Waals surface area contributed by atoms with Crippen molar-refractivity contribution in [2.24, 2.45) is 0 Å². The first-order valence-corrected chi connectivity index (χ1v) is 8.71. The Balaban J connectivity index is 1.52. The van der Waals surface area contributed by atoms with Crippen LogP contribution in [0.4, 0.5) is 8.78 Å². The monoisotopic (exact) mass is 371 g/mol. The van der Waals surface area contributed by atoms with Gasteiger partial charge in [0.2, 0.25) is 0 Å². The second-order valence-electron chi connectivity index (χ2n) is 6.95. The first kappa shape index (κ1) is 16.2. The minimum Gasteiger partial charge on any atom is -0.490 e. The number of aromatic nitrogens is 2. The van der Waals surface area contributed by atoms with E-state index in [1.165, 1.54) is 0 Å². The Labute approximate surface area is 152 Å². The van der Waals surface area contributed by atoms with Crippen LogP contribution in [0, 0.1) is 18.6 Å². The second kappa shape index (κ2) is 5.73. The topological polar surface area (TPSA) is 77.2 Å². The minimum atomic E-state index is -0.743. The number of hydrogen-bond donors (Lipinski definition) is 1. The molecular weight excluding hydrogens is 356 g/mol. The Morgan fingerprint density at radius 1 is 1.26 bits per heavy atom. The molecule has 1 N–H and O–H groups in total. The molecule has 0 radical (unpaired) electrons. The molecule has 0 saturated heterocycles. The fraction of sp³-hybridized carbons (Fsp3) is 0.316. The molecule has 2 aliphatic rings. The van der Waals surface area contributed by atoms with E-state index in [4.69, 9.17) is 9.26 Å². The SMILES string of the molecule is Cc1noc2nc(C3CC3)cc(C(=O)NC3COc4cc(F)cc(F)c43)c12. The fourth-order valence-electron chi connectivity index (χ4n) is 3.51. The van der Waals surface area contributed by atoms with Gasteiger partial charge in [-0.2, -0.15) is 0 Å². The summed E-state index contributed by atoms with van der Waals surface area (Å²) < 4.78 is 38.1. The highest BCUT2D eigenvalue weighted by atomic mass is 19.1. The van der Waals surface area contributed by atoms with Crippen LogP contribution in [0.2, 0.25) is 0 Å². The molecule has 3 heterocycles. The predicted molar refractivity (Wildman–Crippen MR) is 90.6 cm³/mol. The largest absolute Gasteiger partial charge is 0.490 e. The third kappa shape index (κ3) is 2.63. The van der Waals surface area contributed by atoms with Crippen LogP contribution in [0.15, 0.2) is 22.7 Å². The zero-order valence-corrected chi connectivity index (χ0v) is 14.4. The molecule has 138 valence electrons. The minimum absolute atomic E-state index is 0.0355. The van der Waals surface area contributed by atoms with Crippen molar-refractivity contribution in [3.05, 3.63) is 52.3 Å². The highest BCUT2D eigenvalue weighted by Gasteiger charge is 2.32. The van der Waals surface area contributed by atoms with Crippen molar-refractivity contribution in [2.45, 2.75) is 31.7 Å². The van der Waals surface area contributed by atoms with E-state index in [0.29, 0.717) is 28.3 Å². The number of nitrogens with zero attached hydrogens (tertiary/aromatic N) is 2. The number of rotatable bonds is 3. The Morgan fingerprint density at radius 3 is 2.85 bits per heavy atom. The van der Waals surface area contributed by atoms with Crippen LogP contribution in [0.25, 0.3) is 11.1 Å². The normalized spacial score (nSPS) is 18.4. The smallest absolute Gasteiger partial charge is 0.259 e. The van der Waals surface area contributed by atoms with Gasteiger partial charge in [0.1, 0.15) is 24.0 Å². The lowest BCUT2D eigenvalue weighted by Crippen LogP contribution is -2.30. The number of halogens is 2. The van der Waals surface area contributed by atoms with Crippen LogP contribution in [0.3, 0.4) is 0 Å².